The number of fused-ring (bicyclic) bond motifs is 12. The molecule has 0 bridgehead atoms. The summed E-state index contributed by atoms with van der Waals surface area (Å²) in [4.78, 5) is 19.9. The van der Waals surface area contributed by atoms with Crippen LogP contribution in [0, 0.1) is 6.92 Å². The molecule has 0 N–H and O–H groups in total. The molecule has 4 nitrogen and oxygen atoms in total. The van der Waals surface area contributed by atoms with Crippen LogP contribution in [0.2, 0.25) is 0 Å². The third-order valence-electron chi connectivity index (χ3n) is 11.6. The molecule has 0 amide bonds. The van der Waals surface area contributed by atoms with Crippen molar-refractivity contribution in [1.29, 1.82) is 0 Å². The van der Waals surface area contributed by atoms with E-state index >= 15 is 0 Å². The van der Waals surface area contributed by atoms with Crippen LogP contribution in [0.25, 0.3) is 78.7 Å². The average Bonchev–Trinajstić information content (AvgIpc) is 3.52. The Morgan fingerprint density at radius 1 is 0.339 bits per heavy atom. The van der Waals surface area contributed by atoms with E-state index in [9.17, 15) is 0 Å². The topological polar surface area (TPSA) is 51.6 Å². The fourth-order valence-corrected chi connectivity index (χ4v) is 9.00. The largest absolute Gasteiger partial charge is 0.264 e. The summed E-state index contributed by atoms with van der Waals surface area (Å²) in [6, 6.07) is 63.4. The number of rotatable bonds is 4. The lowest BCUT2D eigenvalue weighted by molar-refractivity contribution is 0.775. The molecule has 0 unspecified atom stereocenters. The second-order valence-electron chi connectivity index (χ2n) is 14.7. The summed E-state index contributed by atoms with van der Waals surface area (Å²) in [5.41, 5.74) is 18.0. The van der Waals surface area contributed by atoms with E-state index in [0.29, 0.717) is 17.5 Å². The first-order valence-electron chi connectivity index (χ1n) is 19.0. The summed E-state index contributed by atoms with van der Waals surface area (Å²) in [5.74, 6) is 1.89. The van der Waals surface area contributed by atoms with Gasteiger partial charge in [0.05, 0.1) is 5.41 Å². The fourth-order valence-electron chi connectivity index (χ4n) is 9.00. The molecular formula is C52H34N4. The fraction of sp³-hybridized carbons (Fsp3) is 0.0385. The van der Waals surface area contributed by atoms with Crippen LogP contribution in [0.15, 0.2) is 188 Å². The smallest absolute Gasteiger partial charge is 0.164 e. The average molecular weight is 715 g/mol. The third-order valence-corrected chi connectivity index (χ3v) is 11.6. The summed E-state index contributed by atoms with van der Waals surface area (Å²) < 4.78 is 0. The first kappa shape index (κ1) is 32.2. The van der Waals surface area contributed by atoms with Gasteiger partial charge in [-0.2, -0.15) is 0 Å². The van der Waals surface area contributed by atoms with E-state index in [0.717, 1.165) is 27.8 Å². The molecule has 0 fully saturated rings. The maximum atomic E-state index is 5.25. The quantitative estimate of drug-likeness (QED) is 0.182. The summed E-state index contributed by atoms with van der Waals surface area (Å²) in [6.07, 6.45) is 3.68. The number of nitrogens with zero attached hydrogens (tertiary/aromatic N) is 4. The van der Waals surface area contributed by atoms with Gasteiger partial charge in [0.1, 0.15) is 0 Å². The van der Waals surface area contributed by atoms with Crippen molar-refractivity contribution in [3.05, 3.63) is 216 Å². The minimum atomic E-state index is -0.591. The normalized spacial score (nSPS) is 12.9. The Morgan fingerprint density at radius 2 is 0.768 bits per heavy atom. The van der Waals surface area contributed by atoms with E-state index in [4.69, 9.17) is 15.0 Å². The van der Waals surface area contributed by atoms with Crippen molar-refractivity contribution in [3.8, 4) is 78.7 Å². The van der Waals surface area contributed by atoms with Gasteiger partial charge in [0, 0.05) is 29.1 Å². The van der Waals surface area contributed by atoms with Crippen molar-refractivity contribution in [2.75, 3.05) is 0 Å². The highest BCUT2D eigenvalue weighted by atomic mass is 15.0. The molecule has 11 rings (SSSR count). The first-order chi connectivity index (χ1) is 27.7. The summed E-state index contributed by atoms with van der Waals surface area (Å²) in [5, 5.41) is 0. The predicted molar refractivity (Wildman–Crippen MR) is 226 cm³/mol. The SMILES string of the molecule is Cc1ccc(-c2nc(-c3ccc(-c4cccnc4)cc3)nc(-c3ccc4c(c3)C3(c5ccccc5-c5ccccc5-4)c4ccccc4-c4ccccc43)n2)cc1. The lowest BCUT2D eigenvalue weighted by Crippen LogP contribution is -2.29. The van der Waals surface area contributed by atoms with Crippen molar-refractivity contribution in [1.82, 2.24) is 19.9 Å². The van der Waals surface area contributed by atoms with Crippen LogP contribution in [-0.4, -0.2) is 19.9 Å². The monoisotopic (exact) mass is 714 g/mol. The highest BCUT2D eigenvalue weighted by Gasteiger charge is 2.49. The molecular weight excluding hydrogens is 681 g/mol. The molecule has 2 heterocycles. The van der Waals surface area contributed by atoms with Gasteiger partial charge in [0.2, 0.25) is 0 Å². The second kappa shape index (κ2) is 12.6. The van der Waals surface area contributed by atoms with Crippen LogP contribution in [0.4, 0.5) is 0 Å². The molecule has 4 heteroatoms. The van der Waals surface area contributed by atoms with Gasteiger partial charge in [-0.1, -0.05) is 169 Å². The maximum Gasteiger partial charge on any atom is 0.164 e. The highest BCUT2D eigenvalue weighted by Crippen LogP contribution is 2.61. The van der Waals surface area contributed by atoms with Crippen molar-refractivity contribution in [3.63, 3.8) is 0 Å². The van der Waals surface area contributed by atoms with Crippen LogP contribution < -0.4 is 0 Å². The lowest BCUT2D eigenvalue weighted by Gasteiger charge is -2.35. The van der Waals surface area contributed by atoms with Gasteiger partial charge in [-0.15, -0.1) is 0 Å². The molecule has 9 aromatic rings. The number of hydrogen-bond acceptors (Lipinski definition) is 4. The Balaban J connectivity index is 1.18. The molecule has 7 aromatic carbocycles. The van der Waals surface area contributed by atoms with Crippen molar-refractivity contribution in [2.24, 2.45) is 0 Å². The third kappa shape index (κ3) is 4.86. The number of aryl methyl sites for hydroxylation is 1. The molecule has 0 saturated carbocycles. The van der Waals surface area contributed by atoms with Gasteiger partial charge in [-0.25, -0.2) is 15.0 Å². The van der Waals surface area contributed by atoms with Gasteiger partial charge < -0.3 is 0 Å². The zero-order valence-electron chi connectivity index (χ0n) is 30.7. The minimum Gasteiger partial charge on any atom is -0.264 e. The van der Waals surface area contributed by atoms with Crippen LogP contribution in [0.5, 0.6) is 0 Å². The Kier molecular flexibility index (Phi) is 7.26. The van der Waals surface area contributed by atoms with Crippen LogP contribution in [-0.2, 0) is 5.41 Å². The van der Waals surface area contributed by atoms with E-state index in [1.165, 1.54) is 61.2 Å². The van der Waals surface area contributed by atoms with Crippen LogP contribution in [0.1, 0.15) is 27.8 Å². The molecule has 0 radical (unpaired) electrons. The Hall–Kier alpha value is -7.30. The lowest BCUT2D eigenvalue weighted by atomic mass is 9.65. The number of benzene rings is 7. The predicted octanol–water partition coefficient (Wildman–Crippen LogP) is 12.3. The molecule has 2 aliphatic rings. The second-order valence-corrected chi connectivity index (χ2v) is 14.7. The van der Waals surface area contributed by atoms with Gasteiger partial charge in [-0.3, -0.25) is 4.98 Å². The molecule has 0 aliphatic heterocycles. The Morgan fingerprint density at radius 3 is 1.30 bits per heavy atom. The zero-order chi connectivity index (χ0) is 37.2. The van der Waals surface area contributed by atoms with E-state index in [2.05, 4.69) is 182 Å². The van der Waals surface area contributed by atoms with E-state index < -0.39 is 5.41 Å². The molecule has 2 aromatic heterocycles. The molecule has 2 aliphatic carbocycles. The standard InChI is InChI=1S/C52H34N4/c1-33-20-22-35(23-21-33)49-54-50(36-26-24-34(25-27-36)38-11-10-30-53-32-38)56-51(55-49)37-28-29-44-40-13-3-2-12-39(40)41-14-4-7-17-45(41)52(48(44)31-37)46-18-8-5-15-42(46)43-16-6-9-19-47(43)52/h2-32H,1H3. The van der Waals surface area contributed by atoms with Crippen LogP contribution >= 0.6 is 0 Å². The van der Waals surface area contributed by atoms with Crippen LogP contribution in [0.3, 0.4) is 0 Å². The van der Waals surface area contributed by atoms with E-state index in [1.54, 1.807) is 6.20 Å². The Bertz CT molecular complexity index is 2920. The summed E-state index contributed by atoms with van der Waals surface area (Å²) >= 11 is 0. The van der Waals surface area contributed by atoms with E-state index in [-0.39, 0.29) is 0 Å². The van der Waals surface area contributed by atoms with Crippen molar-refractivity contribution >= 4 is 0 Å². The summed E-state index contributed by atoms with van der Waals surface area (Å²) in [6.45, 7) is 2.10. The number of aromatic nitrogens is 4. The van der Waals surface area contributed by atoms with Crippen molar-refractivity contribution < 1.29 is 0 Å². The molecule has 1 spiro atoms. The Labute approximate surface area is 325 Å². The highest BCUT2D eigenvalue weighted by molar-refractivity contribution is 5.97. The van der Waals surface area contributed by atoms with Gasteiger partial charge in [0.25, 0.3) is 0 Å². The molecule has 56 heavy (non-hydrogen) atoms. The first-order valence-corrected chi connectivity index (χ1v) is 19.0. The maximum absolute atomic E-state index is 5.25. The minimum absolute atomic E-state index is 0.591. The summed E-state index contributed by atoms with van der Waals surface area (Å²) in [7, 11) is 0. The van der Waals surface area contributed by atoms with Crippen molar-refractivity contribution in [2.45, 2.75) is 12.3 Å². The van der Waals surface area contributed by atoms with Gasteiger partial charge >= 0.3 is 0 Å². The molecule has 0 saturated heterocycles. The zero-order valence-corrected chi connectivity index (χ0v) is 30.7. The van der Waals surface area contributed by atoms with E-state index in [1.807, 2.05) is 12.3 Å². The van der Waals surface area contributed by atoms with Gasteiger partial charge in [0.15, 0.2) is 17.5 Å². The number of pyridine rings is 1. The van der Waals surface area contributed by atoms with Gasteiger partial charge in [-0.05, 0) is 85.8 Å². The number of hydrogen-bond donors (Lipinski definition) is 0. The molecule has 0 atom stereocenters. The molecule has 262 valence electrons.